The summed E-state index contributed by atoms with van der Waals surface area (Å²) in [7, 11) is 0. The van der Waals surface area contributed by atoms with Gasteiger partial charge in [-0.2, -0.15) is 11.8 Å². The second kappa shape index (κ2) is 6.68. The van der Waals surface area contributed by atoms with Crippen LogP contribution in [0.5, 0.6) is 0 Å². The predicted octanol–water partition coefficient (Wildman–Crippen LogP) is 1.86. The van der Waals surface area contributed by atoms with Gasteiger partial charge in [0.2, 0.25) is 0 Å². The Morgan fingerprint density at radius 1 is 1.73 bits per heavy atom. The van der Waals surface area contributed by atoms with E-state index < -0.39 is 0 Å². The minimum Gasteiger partial charge on any atom is -0.368 e. The number of aromatic amines is 1. The number of aromatic nitrogens is 2. The summed E-state index contributed by atoms with van der Waals surface area (Å²) in [4.78, 5) is 17.7. The van der Waals surface area contributed by atoms with Crippen LogP contribution in [0.4, 0.5) is 5.82 Å². The first-order valence-corrected chi connectivity index (χ1v) is 6.36. The molecule has 0 saturated heterocycles. The summed E-state index contributed by atoms with van der Waals surface area (Å²) in [6.07, 6.45) is 3.25. The summed E-state index contributed by atoms with van der Waals surface area (Å²) in [5.41, 5.74) is -0.175. The number of hydrogen-bond acceptors (Lipinski definition) is 4. The molecule has 1 aromatic rings. The lowest BCUT2D eigenvalue weighted by Gasteiger charge is -2.05. The molecule has 1 heterocycles. The van der Waals surface area contributed by atoms with E-state index in [4.69, 9.17) is 0 Å². The Kier molecular flexibility index (Phi) is 5.49. The van der Waals surface area contributed by atoms with Crippen molar-refractivity contribution in [3.63, 3.8) is 0 Å². The van der Waals surface area contributed by atoms with Crippen LogP contribution in [0.15, 0.2) is 28.2 Å². The van der Waals surface area contributed by atoms with Crippen LogP contribution < -0.4 is 10.9 Å². The fourth-order valence-corrected chi connectivity index (χ4v) is 1.85. The molecule has 0 amide bonds. The van der Waals surface area contributed by atoms with Gasteiger partial charge in [-0.15, -0.1) is 6.58 Å². The molecule has 6 heteroatoms. The number of nitrogens with zero attached hydrogens (tertiary/aromatic N) is 1. The van der Waals surface area contributed by atoms with Crippen molar-refractivity contribution in [3.05, 3.63) is 33.8 Å². The standard InChI is InChI=1S/C9H12BrN3OS/c1-2-4-15-5-3-11-8-7(10)9(14)13-6-12-8/h2,6H,1,3-5H2,(H2,11,12,13,14). The van der Waals surface area contributed by atoms with Crippen LogP contribution in [0.1, 0.15) is 0 Å². The average molecular weight is 290 g/mol. The number of thioether (sulfide) groups is 1. The van der Waals surface area contributed by atoms with Gasteiger partial charge >= 0.3 is 0 Å². The van der Waals surface area contributed by atoms with Crippen molar-refractivity contribution in [2.24, 2.45) is 0 Å². The topological polar surface area (TPSA) is 57.8 Å². The molecular formula is C9H12BrN3OS. The maximum absolute atomic E-state index is 11.2. The lowest BCUT2D eigenvalue weighted by atomic mass is 10.5. The minimum absolute atomic E-state index is 0.175. The molecule has 0 fully saturated rings. The molecule has 0 atom stereocenters. The third-order valence-corrected chi connectivity index (χ3v) is 3.27. The molecule has 1 rings (SSSR count). The lowest BCUT2D eigenvalue weighted by molar-refractivity contribution is 1.07. The molecule has 1 aromatic heterocycles. The van der Waals surface area contributed by atoms with Crippen molar-refractivity contribution in [1.29, 1.82) is 0 Å². The number of anilines is 1. The van der Waals surface area contributed by atoms with E-state index in [9.17, 15) is 4.79 Å². The van der Waals surface area contributed by atoms with E-state index in [1.807, 2.05) is 6.08 Å². The van der Waals surface area contributed by atoms with Crippen LogP contribution in [-0.4, -0.2) is 28.0 Å². The van der Waals surface area contributed by atoms with Crippen molar-refractivity contribution in [2.45, 2.75) is 0 Å². The molecule has 15 heavy (non-hydrogen) atoms. The van der Waals surface area contributed by atoms with Gasteiger partial charge in [-0.1, -0.05) is 6.08 Å². The second-order valence-electron chi connectivity index (χ2n) is 2.68. The number of rotatable bonds is 6. The molecule has 0 radical (unpaired) electrons. The molecule has 0 bridgehead atoms. The van der Waals surface area contributed by atoms with Crippen LogP contribution in [-0.2, 0) is 0 Å². The zero-order chi connectivity index (χ0) is 11.1. The molecule has 0 spiro atoms. The van der Waals surface area contributed by atoms with Crippen LogP contribution in [0.2, 0.25) is 0 Å². The van der Waals surface area contributed by atoms with Crippen molar-refractivity contribution in [1.82, 2.24) is 9.97 Å². The number of nitrogens with one attached hydrogen (secondary N) is 2. The van der Waals surface area contributed by atoms with E-state index in [0.717, 1.165) is 18.1 Å². The smallest absolute Gasteiger partial charge is 0.267 e. The van der Waals surface area contributed by atoms with Crippen LogP contribution in [0.3, 0.4) is 0 Å². The molecule has 0 aliphatic carbocycles. The van der Waals surface area contributed by atoms with E-state index in [2.05, 4.69) is 37.8 Å². The monoisotopic (exact) mass is 289 g/mol. The molecule has 0 saturated carbocycles. The van der Waals surface area contributed by atoms with Gasteiger partial charge in [0, 0.05) is 18.1 Å². The third kappa shape index (κ3) is 4.09. The number of halogens is 1. The van der Waals surface area contributed by atoms with Gasteiger partial charge in [0.15, 0.2) is 0 Å². The van der Waals surface area contributed by atoms with E-state index in [1.165, 1.54) is 6.33 Å². The Hall–Kier alpha value is -0.750. The quantitative estimate of drug-likeness (QED) is 0.620. The highest BCUT2D eigenvalue weighted by Gasteiger charge is 2.03. The maximum Gasteiger partial charge on any atom is 0.267 e. The summed E-state index contributed by atoms with van der Waals surface area (Å²) >= 11 is 4.94. The lowest BCUT2D eigenvalue weighted by Crippen LogP contribution is -2.13. The first-order valence-electron chi connectivity index (χ1n) is 4.41. The van der Waals surface area contributed by atoms with Gasteiger partial charge < -0.3 is 10.3 Å². The summed E-state index contributed by atoms with van der Waals surface area (Å²) in [6, 6.07) is 0. The average Bonchev–Trinajstić information content (AvgIpc) is 2.24. The molecule has 4 nitrogen and oxygen atoms in total. The molecular weight excluding hydrogens is 278 g/mol. The van der Waals surface area contributed by atoms with Gasteiger partial charge in [-0.25, -0.2) is 4.98 Å². The molecule has 0 aromatic carbocycles. The van der Waals surface area contributed by atoms with E-state index >= 15 is 0 Å². The first-order chi connectivity index (χ1) is 7.25. The Bertz CT molecular complexity index is 380. The SMILES string of the molecule is C=CCSCCNc1nc[nH]c(=O)c1Br. The normalized spacial score (nSPS) is 9.93. The van der Waals surface area contributed by atoms with Crippen molar-refractivity contribution in [3.8, 4) is 0 Å². The summed E-state index contributed by atoms with van der Waals surface area (Å²) < 4.78 is 0.443. The third-order valence-electron chi connectivity index (χ3n) is 1.57. The highest BCUT2D eigenvalue weighted by atomic mass is 79.9. The maximum atomic E-state index is 11.2. The van der Waals surface area contributed by atoms with E-state index in [-0.39, 0.29) is 5.56 Å². The fraction of sp³-hybridized carbons (Fsp3) is 0.333. The zero-order valence-electron chi connectivity index (χ0n) is 8.12. The molecule has 82 valence electrons. The highest BCUT2D eigenvalue weighted by molar-refractivity contribution is 9.10. The first kappa shape index (κ1) is 12.3. The van der Waals surface area contributed by atoms with Crippen LogP contribution >= 0.6 is 27.7 Å². The summed E-state index contributed by atoms with van der Waals surface area (Å²) in [6.45, 7) is 4.41. The van der Waals surface area contributed by atoms with Crippen molar-refractivity contribution < 1.29 is 0 Å². The van der Waals surface area contributed by atoms with Gasteiger partial charge in [0.05, 0.1) is 6.33 Å². The molecule has 2 N–H and O–H groups in total. The summed E-state index contributed by atoms with van der Waals surface area (Å²) in [5, 5.41) is 3.08. The summed E-state index contributed by atoms with van der Waals surface area (Å²) in [5.74, 6) is 2.47. The van der Waals surface area contributed by atoms with Crippen molar-refractivity contribution >= 4 is 33.5 Å². The molecule has 0 aliphatic rings. The van der Waals surface area contributed by atoms with Gasteiger partial charge in [0.1, 0.15) is 10.3 Å². The molecule has 0 unspecified atom stereocenters. The molecule has 0 aliphatic heterocycles. The van der Waals surface area contributed by atoms with E-state index in [1.54, 1.807) is 11.8 Å². The Morgan fingerprint density at radius 3 is 3.27 bits per heavy atom. The number of H-pyrrole nitrogens is 1. The van der Waals surface area contributed by atoms with Gasteiger partial charge in [0.25, 0.3) is 5.56 Å². The fourth-order valence-electron chi connectivity index (χ4n) is 0.915. The predicted molar refractivity (Wildman–Crippen MR) is 68.6 cm³/mol. The van der Waals surface area contributed by atoms with Crippen molar-refractivity contribution in [2.75, 3.05) is 23.4 Å². The Labute approximate surface area is 101 Å². The largest absolute Gasteiger partial charge is 0.368 e. The van der Waals surface area contributed by atoms with Crippen LogP contribution in [0.25, 0.3) is 0 Å². The van der Waals surface area contributed by atoms with Crippen LogP contribution in [0, 0.1) is 0 Å². The van der Waals surface area contributed by atoms with Gasteiger partial charge in [-0.3, -0.25) is 4.79 Å². The minimum atomic E-state index is -0.175. The Morgan fingerprint density at radius 2 is 2.53 bits per heavy atom. The second-order valence-corrected chi connectivity index (χ2v) is 4.63. The Balaban J connectivity index is 2.41. The zero-order valence-corrected chi connectivity index (χ0v) is 10.5. The van der Waals surface area contributed by atoms with Gasteiger partial charge in [-0.05, 0) is 15.9 Å². The number of hydrogen-bond donors (Lipinski definition) is 2. The highest BCUT2D eigenvalue weighted by Crippen LogP contribution is 2.12. The van der Waals surface area contributed by atoms with E-state index in [0.29, 0.717) is 10.3 Å².